The molecule has 0 aromatic carbocycles. The highest BCUT2D eigenvalue weighted by molar-refractivity contribution is 5.95. The van der Waals surface area contributed by atoms with E-state index in [1.807, 2.05) is 5.32 Å². The van der Waals surface area contributed by atoms with Crippen LogP contribution in [0.1, 0.15) is 20.8 Å². The number of aliphatic carboxylic acids is 1. The zero-order chi connectivity index (χ0) is 16.8. The van der Waals surface area contributed by atoms with Gasteiger partial charge in [0.2, 0.25) is 5.91 Å². The molecule has 0 saturated heterocycles. The van der Waals surface area contributed by atoms with Gasteiger partial charge in [-0.25, -0.2) is 4.79 Å². The van der Waals surface area contributed by atoms with Gasteiger partial charge >= 0.3 is 18.2 Å². The first-order chi connectivity index (χ1) is 9.28. The molecular formula is C11H18F3N3O4. The number of nitrogens with zero attached hydrogens (tertiary/aromatic N) is 1. The van der Waals surface area contributed by atoms with Crippen molar-refractivity contribution in [2.45, 2.75) is 32.5 Å². The molecule has 21 heavy (non-hydrogen) atoms. The number of halogens is 3. The van der Waals surface area contributed by atoms with Crippen LogP contribution in [0.25, 0.3) is 0 Å². The Kier molecular flexibility index (Phi) is 6.61. The van der Waals surface area contributed by atoms with Crippen LogP contribution in [0.2, 0.25) is 0 Å². The van der Waals surface area contributed by atoms with Crippen molar-refractivity contribution in [1.29, 1.82) is 0 Å². The first kappa shape index (κ1) is 19.2. The first-order valence-electron chi connectivity index (χ1n) is 5.91. The average molecular weight is 313 g/mol. The second-order valence-corrected chi connectivity index (χ2v) is 5.41. The fourth-order valence-corrected chi connectivity index (χ4v) is 1.35. The number of hydrogen-bond acceptors (Lipinski definition) is 4. The van der Waals surface area contributed by atoms with Crippen molar-refractivity contribution in [3.8, 4) is 0 Å². The minimum atomic E-state index is -4.65. The van der Waals surface area contributed by atoms with Gasteiger partial charge in [-0.1, -0.05) is 0 Å². The van der Waals surface area contributed by atoms with E-state index in [9.17, 15) is 27.6 Å². The van der Waals surface area contributed by atoms with E-state index in [1.54, 1.807) is 20.8 Å². The molecule has 0 aliphatic rings. The molecule has 0 spiro atoms. The molecule has 3 N–H and O–H groups in total. The molecule has 0 aromatic rings. The van der Waals surface area contributed by atoms with Crippen LogP contribution in [0.4, 0.5) is 18.0 Å². The van der Waals surface area contributed by atoms with Crippen LogP contribution in [0, 0.1) is 0 Å². The Labute approximate surface area is 119 Å². The highest BCUT2D eigenvalue weighted by Gasteiger charge is 2.32. The predicted octanol–water partition coefficient (Wildman–Crippen LogP) is 0.560. The normalized spacial score (nSPS) is 12.1. The Balaban J connectivity index is 4.53. The molecule has 0 atom stereocenters. The SMILES string of the molecule is CC(C)(C)NC(=O)NC(=O)CN(CC(=O)O)CC(F)(F)F. The van der Waals surface area contributed by atoms with Crippen LogP contribution < -0.4 is 10.6 Å². The van der Waals surface area contributed by atoms with Crippen LogP contribution in [0.5, 0.6) is 0 Å². The molecule has 0 aliphatic heterocycles. The van der Waals surface area contributed by atoms with Crippen molar-refractivity contribution in [2.75, 3.05) is 19.6 Å². The van der Waals surface area contributed by atoms with Crippen molar-refractivity contribution < 1.29 is 32.7 Å². The molecule has 3 amide bonds. The molecule has 0 unspecified atom stereocenters. The Hall–Kier alpha value is -1.84. The van der Waals surface area contributed by atoms with E-state index in [-0.39, 0.29) is 0 Å². The first-order valence-corrected chi connectivity index (χ1v) is 5.91. The number of amides is 3. The monoisotopic (exact) mass is 313 g/mol. The van der Waals surface area contributed by atoms with Crippen LogP contribution in [0.15, 0.2) is 0 Å². The van der Waals surface area contributed by atoms with E-state index in [0.29, 0.717) is 4.90 Å². The lowest BCUT2D eigenvalue weighted by atomic mass is 10.1. The summed E-state index contributed by atoms with van der Waals surface area (Å²) < 4.78 is 36.7. The molecule has 10 heteroatoms. The second-order valence-electron chi connectivity index (χ2n) is 5.41. The molecule has 0 bridgehead atoms. The second kappa shape index (κ2) is 7.25. The van der Waals surface area contributed by atoms with Crippen molar-refractivity contribution in [1.82, 2.24) is 15.5 Å². The Bertz CT molecular complexity index is 404. The maximum absolute atomic E-state index is 12.2. The highest BCUT2D eigenvalue weighted by atomic mass is 19.4. The summed E-state index contributed by atoms with van der Waals surface area (Å²) in [5, 5.41) is 12.7. The Morgan fingerprint density at radius 2 is 1.62 bits per heavy atom. The average Bonchev–Trinajstić information content (AvgIpc) is 2.07. The molecule has 0 saturated carbocycles. The topological polar surface area (TPSA) is 98.7 Å². The lowest BCUT2D eigenvalue weighted by Gasteiger charge is -2.22. The molecule has 0 heterocycles. The number of carbonyl (C=O) groups is 3. The molecule has 0 aromatic heterocycles. The van der Waals surface area contributed by atoms with Gasteiger partial charge in [0.25, 0.3) is 0 Å². The van der Waals surface area contributed by atoms with Crippen molar-refractivity contribution >= 4 is 17.9 Å². The maximum atomic E-state index is 12.2. The summed E-state index contributed by atoms with van der Waals surface area (Å²) in [6.45, 7) is 1.57. The number of hydrogen-bond donors (Lipinski definition) is 3. The summed E-state index contributed by atoms with van der Waals surface area (Å²) in [5.41, 5.74) is -0.628. The van der Waals surface area contributed by atoms with Gasteiger partial charge in [-0.05, 0) is 20.8 Å². The number of carboxylic acids is 1. The fraction of sp³-hybridized carbons (Fsp3) is 0.727. The van der Waals surface area contributed by atoms with Gasteiger partial charge in [0.15, 0.2) is 0 Å². The number of carbonyl (C=O) groups excluding carboxylic acids is 2. The smallest absolute Gasteiger partial charge is 0.401 e. The van der Waals surface area contributed by atoms with Crippen molar-refractivity contribution in [3.05, 3.63) is 0 Å². The molecule has 7 nitrogen and oxygen atoms in total. The van der Waals surface area contributed by atoms with E-state index >= 15 is 0 Å². The minimum Gasteiger partial charge on any atom is -0.480 e. The van der Waals surface area contributed by atoms with Crippen LogP contribution >= 0.6 is 0 Å². The standard InChI is InChI=1S/C11H18F3N3O4/c1-10(2,3)16-9(21)15-7(18)4-17(5-8(19)20)6-11(12,13)14/h4-6H2,1-3H3,(H,19,20)(H2,15,16,18,21). The Morgan fingerprint density at radius 3 is 2.00 bits per heavy atom. The van der Waals surface area contributed by atoms with E-state index in [1.165, 1.54) is 0 Å². The largest absolute Gasteiger partial charge is 0.480 e. The molecule has 0 rings (SSSR count). The van der Waals surface area contributed by atoms with E-state index < -0.39 is 49.3 Å². The van der Waals surface area contributed by atoms with Crippen molar-refractivity contribution in [2.24, 2.45) is 0 Å². The summed E-state index contributed by atoms with van der Waals surface area (Å²) in [4.78, 5) is 33.6. The third kappa shape index (κ3) is 11.7. The molecular weight excluding hydrogens is 295 g/mol. The Morgan fingerprint density at radius 1 is 1.10 bits per heavy atom. The van der Waals surface area contributed by atoms with Gasteiger partial charge in [-0.2, -0.15) is 13.2 Å². The van der Waals surface area contributed by atoms with Gasteiger partial charge in [-0.15, -0.1) is 0 Å². The summed E-state index contributed by atoms with van der Waals surface area (Å²) in [7, 11) is 0. The maximum Gasteiger partial charge on any atom is 0.401 e. The third-order valence-corrected chi connectivity index (χ3v) is 1.87. The fourth-order valence-electron chi connectivity index (χ4n) is 1.35. The molecule has 0 fully saturated rings. The van der Waals surface area contributed by atoms with Gasteiger partial charge in [0.05, 0.1) is 19.6 Å². The number of rotatable bonds is 5. The molecule has 0 radical (unpaired) electrons. The highest BCUT2D eigenvalue weighted by Crippen LogP contribution is 2.16. The summed E-state index contributed by atoms with van der Waals surface area (Å²) in [5.74, 6) is -2.53. The number of imide groups is 1. The van der Waals surface area contributed by atoms with E-state index in [0.717, 1.165) is 0 Å². The zero-order valence-electron chi connectivity index (χ0n) is 11.9. The lowest BCUT2D eigenvalue weighted by molar-refractivity contribution is -0.155. The van der Waals surface area contributed by atoms with Gasteiger partial charge in [-0.3, -0.25) is 19.8 Å². The van der Waals surface area contributed by atoms with Crippen molar-refractivity contribution in [3.63, 3.8) is 0 Å². The summed E-state index contributed by atoms with van der Waals surface area (Å²) in [6.07, 6.45) is -4.65. The van der Waals surface area contributed by atoms with Crippen LogP contribution in [-0.2, 0) is 9.59 Å². The van der Waals surface area contributed by atoms with E-state index in [4.69, 9.17) is 5.11 Å². The number of carboxylic acid groups (broad SMARTS) is 1. The lowest BCUT2D eigenvalue weighted by Crippen LogP contribution is -2.51. The summed E-state index contributed by atoms with van der Waals surface area (Å²) in [6, 6.07) is -0.866. The third-order valence-electron chi connectivity index (χ3n) is 1.87. The zero-order valence-corrected chi connectivity index (χ0v) is 11.9. The minimum absolute atomic E-state index is 0.377. The van der Waals surface area contributed by atoms with Gasteiger partial charge in [0.1, 0.15) is 0 Å². The molecule has 0 aliphatic carbocycles. The quantitative estimate of drug-likeness (QED) is 0.689. The summed E-state index contributed by atoms with van der Waals surface area (Å²) >= 11 is 0. The number of nitrogens with one attached hydrogen (secondary N) is 2. The van der Waals surface area contributed by atoms with E-state index in [2.05, 4.69) is 5.32 Å². The van der Waals surface area contributed by atoms with Gasteiger partial charge < -0.3 is 10.4 Å². The number of alkyl halides is 3. The molecule has 122 valence electrons. The van der Waals surface area contributed by atoms with Gasteiger partial charge in [0, 0.05) is 5.54 Å². The number of urea groups is 1. The van der Waals surface area contributed by atoms with Crippen LogP contribution in [0.3, 0.4) is 0 Å². The van der Waals surface area contributed by atoms with Crippen LogP contribution in [-0.4, -0.2) is 59.3 Å². The predicted molar refractivity (Wildman–Crippen MR) is 66.6 cm³/mol.